The number of aryl methyl sites for hydroxylation is 1. The average Bonchev–Trinajstić information content (AvgIpc) is 3.33. The number of hydrogen-bond donors (Lipinski definition) is 1. The lowest BCUT2D eigenvalue weighted by Crippen LogP contribution is -2.30. The molecule has 29 heavy (non-hydrogen) atoms. The van der Waals surface area contributed by atoms with Crippen LogP contribution in [0, 0.1) is 12.8 Å². The van der Waals surface area contributed by atoms with Crippen LogP contribution in [0.25, 0.3) is 10.2 Å². The highest BCUT2D eigenvalue weighted by Crippen LogP contribution is 2.30. The van der Waals surface area contributed by atoms with Gasteiger partial charge in [0.1, 0.15) is 0 Å². The van der Waals surface area contributed by atoms with E-state index in [9.17, 15) is 4.79 Å². The van der Waals surface area contributed by atoms with Crippen LogP contribution in [0.4, 0.5) is 5.95 Å². The quantitative estimate of drug-likeness (QED) is 0.667. The SMILES string of the molecule is COC[C@H]1CCN(C(=O)c2nc(NC(C)c3ccccn3)nc3cc(C)sc23)C1. The van der Waals surface area contributed by atoms with Gasteiger partial charge in [-0.3, -0.25) is 9.78 Å². The fourth-order valence-electron chi connectivity index (χ4n) is 3.70. The lowest BCUT2D eigenvalue weighted by atomic mass is 10.1. The monoisotopic (exact) mass is 411 g/mol. The maximum absolute atomic E-state index is 13.3. The number of carbonyl (C=O) groups is 1. The highest BCUT2D eigenvalue weighted by Gasteiger charge is 2.29. The topological polar surface area (TPSA) is 80.2 Å². The number of ether oxygens (including phenoxy) is 1. The van der Waals surface area contributed by atoms with E-state index < -0.39 is 0 Å². The van der Waals surface area contributed by atoms with Crippen LogP contribution in [0.1, 0.15) is 40.4 Å². The number of amides is 1. The molecule has 1 aliphatic heterocycles. The van der Waals surface area contributed by atoms with Crippen molar-refractivity contribution in [3.63, 3.8) is 0 Å². The lowest BCUT2D eigenvalue weighted by molar-refractivity contribution is 0.0772. The van der Waals surface area contributed by atoms with E-state index >= 15 is 0 Å². The molecule has 0 saturated carbocycles. The van der Waals surface area contributed by atoms with Crippen molar-refractivity contribution < 1.29 is 9.53 Å². The Balaban J connectivity index is 1.63. The van der Waals surface area contributed by atoms with Gasteiger partial charge in [0.05, 0.1) is 28.6 Å². The molecule has 0 radical (unpaired) electrons. The number of anilines is 1. The summed E-state index contributed by atoms with van der Waals surface area (Å²) >= 11 is 1.56. The Morgan fingerprint density at radius 1 is 1.41 bits per heavy atom. The van der Waals surface area contributed by atoms with Gasteiger partial charge in [-0.25, -0.2) is 9.97 Å². The Morgan fingerprint density at radius 2 is 2.28 bits per heavy atom. The molecule has 1 unspecified atom stereocenters. The lowest BCUT2D eigenvalue weighted by Gasteiger charge is -2.18. The number of thiophene rings is 1. The van der Waals surface area contributed by atoms with Crippen molar-refractivity contribution in [1.82, 2.24) is 19.9 Å². The van der Waals surface area contributed by atoms with Crippen LogP contribution in [0.15, 0.2) is 30.5 Å². The second-order valence-corrected chi connectivity index (χ2v) is 8.71. The molecule has 3 aromatic rings. The maximum Gasteiger partial charge on any atom is 0.274 e. The summed E-state index contributed by atoms with van der Waals surface area (Å²) in [6.45, 7) is 6.14. The van der Waals surface area contributed by atoms with Gasteiger partial charge in [0, 0.05) is 37.2 Å². The molecular weight excluding hydrogens is 386 g/mol. The van der Waals surface area contributed by atoms with E-state index in [1.807, 2.05) is 43.0 Å². The normalized spacial score (nSPS) is 17.6. The number of rotatable bonds is 6. The van der Waals surface area contributed by atoms with Gasteiger partial charge < -0.3 is 15.0 Å². The van der Waals surface area contributed by atoms with Crippen LogP contribution in [0.5, 0.6) is 0 Å². The van der Waals surface area contributed by atoms with Crippen LogP contribution < -0.4 is 5.32 Å². The molecule has 4 rings (SSSR count). The number of methoxy groups -OCH3 is 1. The van der Waals surface area contributed by atoms with Crippen molar-refractivity contribution in [3.8, 4) is 0 Å². The van der Waals surface area contributed by atoms with Crippen molar-refractivity contribution in [3.05, 3.63) is 46.7 Å². The summed E-state index contributed by atoms with van der Waals surface area (Å²) in [5.74, 6) is 0.795. The first-order valence-corrected chi connectivity index (χ1v) is 10.6. The van der Waals surface area contributed by atoms with Gasteiger partial charge in [0.2, 0.25) is 5.95 Å². The van der Waals surface area contributed by atoms with E-state index in [4.69, 9.17) is 4.74 Å². The molecule has 1 amide bonds. The molecule has 1 fully saturated rings. The van der Waals surface area contributed by atoms with Gasteiger partial charge in [-0.1, -0.05) is 6.07 Å². The molecule has 0 aliphatic carbocycles. The van der Waals surface area contributed by atoms with Gasteiger partial charge in [0.25, 0.3) is 5.91 Å². The molecule has 152 valence electrons. The third-order valence-electron chi connectivity index (χ3n) is 5.15. The molecular formula is C21H25N5O2S. The van der Waals surface area contributed by atoms with Gasteiger partial charge in [-0.2, -0.15) is 0 Å². The first-order chi connectivity index (χ1) is 14.0. The summed E-state index contributed by atoms with van der Waals surface area (Å²) in [5, 5.41) is 3.30. The highest BCUT2D eigenvalue weighted by atomic mass is 32.1. The van der Waals surface area contributed by atoms with Crippen molar-refractivity contribution in [2.45, 2.75) is 26.3 Å². The van der Waals surface area contributed by atoms with Crippen LogP contribution >= 0.6 is 11.3 Å². The van der Waals surface area contributed by atoms with Gasteiger partial charge in [0.15, 0.2) is 5.69 Å². The molecule has 1 N–H and O–H groups in total. The largest absolute Gasteiger partial charge is 0.384 e. The Kier molecular flexibility index (Phi) is 5.73. The number of fused-ring (bicyclic) bond motifs is 1. The molecule has 1 saturated heterocycles. The minimum atomic E-state index is -0.0748. The van der Waals surface area contributed by atoms with Crippen molar-refractivity contribution in [1.29, 1.82) is 0 Å². The van der Waals surface area contributed by atoms with Crippen LogP contribution in [-0.4, -0.2) is 52.6 Å². The minimum absolute atomic E-state index is 0.0357. The Morgan fingerprint density at radius 3 is 3.03 bits per heavy atom. The Bertz CT molecular complexity index is 1010. The molecule has 8 heteroatoms. The zero-order valence-electron chi connectivity index (χ0n) is 16.9. The predicted octanol–water partition coefficient (Wildman–Crippen LogP) is 3.68. The predicted molar refractivity (Wildman–Crippen MR) is 114 cm³/mol. The summed E-state index contributed by atoms with van der Waals surface area (Å²) in [6, 6.07) is 7.72. The fraction of sp³-hybridized carbons (Fsp3) is 0.429. The number of aromatic nitrogens is 3. The van der Waals surface area contributed by atoms with Gasteiger partial charge in [-0.05, 0) is 38.5 Å². The van der Waals surface area contributed by atoms with Gasteiger partial charge in [-0.15, -0.1) is 11.3 Å². The minimum Gasteiger partial charge on any atom is -0.384 e. The fourth-order valence-corrected chi connectivity index (χ4v) is 4.63. The molecule has 7 nitrogen and oxygen atoms in total. The van der Waals surface area contributed by atoms with Crippen LogP contribution in [0.2, 0.25) is 0 Å². The Labute approximate surface area is 174 Å². The molecule has 2 atom stereocenters. The second kappa shape index (κ2) is 8.42. The molecule has 0 bridgehead atoms. The standard InChI is InChI=1S/C21H25N5O2S/c1-13-10-17-19(29-13)18(20(27)26-9-7-15(11-26)12-28-3)25-21(24-17)23-14(2)16-6-4-5-8-22-16/h4-6,8,10,14-15H,7,9,11-12H2,1-3H3,(H,23,24,25)/t14?,15-/m0/s1. The van der Waals surface area contributed by atoms with Crippen molar-refractivity contribution >= 4 is 33.4 Å². The molecule has 0 aromatic carbocycles. The molecule has 0 spiro atoms. The van der Waals surface area contributed by atoms with E-state index in [0.29, 0.717) is 30.7 Å². The summed E-state index contributed by atoms with van der Waals surface area (Å²) in [5.41, 5.74) is 2.17. The number of hydrogen-bond acceptors (Lipinski definition) is 7. The number of nitrogens with one attached hydrogen (secondary N) is 1. The molecule has 4 heterocycles. The van der Waals surface area contributed by atoms with Crippen molar-refractivity contribution in [2.24, 2.45) is 5.92 Å². The zero-order chi connectivity index (χ0) is 20.4. The van der Waals surface area contributed by atoms with E-state index in [2.05, 4.69) is 20.3 Å². The zero-order valence-corrected chi connectivity index (χ0v) is 17.7. The van der Waals surface area contributed by atoms with Crippen molar-refractivity contribution in [2.75, 3.05) is 32.1 Å². The number of nitrogens with zero attached hydrogens (tertiary/aromatic N) is 4. The first-order valence-electron chi connectivity index (χ1n) is 9.79. The summed E-state index contributed by atoms with van der Waals surface area (Å²) in [4.78, 5) is 29.9. The molecule has 1 aliphatic rings. The van der Waals surface area contributed by atoms with E-state index in [0.717, 1.165) is 33.8 Å². The van der Waals surface area contributed by atoms with E-state index in [1.54, 1.807) is 24.6 Å². The summed E-state index contributed by atoms with van der Waals surface area (Å²) in [6.07, 6.45) is 2.72. The number of pyridine rings is 1. The summed E-state index contributed by atoms with van der Waals surface area (Å²) in [7, 11) is 1.70. The highest BCUT2D eigenvalue weighted by molar-refractivity contribution is 7.19. The first kappa shape index (κ1) is 19.7. The van der Waals surface area contributed by atoms with E-state index in [1.165, 1.54) is 0 Å². The third kappa shape index (κ3) is 4.23. The van der Waals surface area contributed by atoms with E-state index in [-0.39, 0.29) is 11.9 Å². The smallest absolute Gasteiger partial charge is 0.274 e. The third-order valence-corrected chi connectivity index (χ3v) is 6.20. The second-order valence-electron chi connectivity index (χ2n) is 7.45. The van der Waals surface area contributed by atoms with Crippen LogP contribution in [-0.2, 0) is 4.74 Å². The summed E-state index contributed by atoms with van der Waals surface area (Å²) < 4.78 is 6.11. The Hall–Kier alpha value is -2.58. The average molecular weight is 412 g/mol. The number of likely N-dealkylation sites (tertiary alicyclic amines) is 1. The van der Waals surface area contributed by atoms with Crippen LogP contribution in [0.3, 0.4) is 0 Å². The molecule has 3 aromatic heterocycles. The van der Waals surface area contributed by atoms with Gasteiger partial charge >= 0.3 is 0 Å². The number of carbonyl (C=O) groups excluding carboxylic acids is 1. The maximum atomic E-state index is 13.3.